The lowest BCUT2D eigenvalue weighted by Crippen LogP contribution is -2.37. The van der Waals surface area contributed by atoms with E-state index in [4.69, 9.17) is 11.6 Å². The van der Waals surface area contributed by atoms with Crippen molar-refractivity contribution >= 4 is 29.0 Å². The van der Waals surface area contributed by atoms with E-state index >= 15 is 0 Å². The van der Waals surface area contributed by atoms with Gasteiger partial charge in [-0.15, -0.1) is 11.3 Å². The number of halogens is 1. The maximum absolute atomic E-state index is 11.9. The molecule has 0 aliphatic heterocycles. The number of carbonyl (C=O) groups excluding carboxylic acids is 1. The van der Waals surface area contributed by atoms with Crippen molar-refractivity contribution in [3.05, 3.63) is 57.2 Å². The largest absolute Gasteiger partial charge is 0.338 e. The molecule has 3 nitrogen and oxygen atoms in total. The van der Waals surface area contributed by atoms with Gasteiger partial charge in [-0.2, -0.15) is 0 Å². The van der Waals surface area contributed by atoms with Crippen LogP contribution in [0.3, 0.4) is 0 Å². The molecule has 0 fully saturated rings. The second-order valence-corrected chi connectivity index (χ2v) is 7.11. The number of rotatable bonds is 6. The summed E-state index contributed by atoms with van der Waals surface area (Å²) in [6.07, 6.45) is 0.913. The number of urea groups is 1. The number of hydrogen-bond acceptors (Lipinski definition) is 2. The minimum atomic E-state index is -0.141. The van der Waals surface area contributed by atoms with Gasteiger partial charge in [-0.05, 0) is 37.0 Å². The first-order valence-corrected chi connectivity index (χ1v) is 8.60. The average Bonchev–Trinajstić information content (AvgIpc) is 2.94. The summed E-state index contributed by atoms with van der Waals surface area (Å²) in [5, 5.41) is 5.84. The van der Waals surface area contributed by atoms with Gasteiger partial charge in [-0.25, -0.2) is 4.79 Å². The van der Waals surface area contributed by atoms with Crippen LogP contribution in [0.25, 0.3) is 0 Å². The lowest BCUT2D eigenvalue weighted by Gasteiger charge is -2.15. The molecule has 22 heavy (non-hydrogen) atoms. The molecule has 1 heterocycles. The van der Waals surface area contributed by atoms with Crippen LogP contribution in [-0.4, -0.2) is 12.6 Å². The summed E-state index contributed by atoms with van der Waals surface area (Å²) in [6.45, 7) is 4.78. The quantitative estimate of drug-likeness (QED) is 0.769. The van der Waals surface area contributed by atoms with Crippen molar-refractivity contribution < 1.29 is 4.79 Å². The fourth-order valence-corrected chi connectivity index (χ4v) is 3.29. The van der Waals surface area contributed by atoms with Crippen LogP contribution in [0.15, 0.2) is 42.5 Å². The maximum atomic E-state index is 11.9. The van der Waals surface area contributed by atoms with Crippen LogP contribution in [0.1, 0.15) is 42.7 Å². The van der Waals surface area contributed by atoms with E-state index in [1.807, 2.05) is 37.3 Å². The third-order valence-corrected chi connectivity index (χ3v) is 5.01. The van der Waals surface area contributed by atoms with Gasteiger partial charge in [-0.1, -0.05) is 48.9 Å². The molecular formula is C17H21ClN2OS. The Kier molecular flexibility index (Phi) is 6.28. The van der Waals surface area contributed by atoms with Gasteiger partial charge in [-0.3, -0.25) is 0 Å². The highest BCUT2D eigenvalue weighted by Crippen LogP contribution is 2.26. The van der Waals surface area contributed by atoms with Crippen molar-refractivity contribution in [1.82, 2.24) is 10.6 Å². The summed E-state index contributed by atoms with van der Waals surface area (Å²) in [6, 6.07) is 13.9. The van der Waals surface area contributed by atoms with Crippen molar-refractivity contribution in [3.63, 3.8) is 0 Å². The number of hydrogen-bond donors (Lipinski definition) is 2. The van der Waals surface area contributed by atoms with Crippen LogP contribution in [0.2, 0.25) is 4.34 Å². The summed E-state index contributed by atoms with van der Waals surface area (Å²) < 4.78 is 0.737. The van der Waals surface area contributed by atoms with Gasteiger partial charge in [0.25, 0.3) is 0 Å². The molecule has 2 amide bonds. The summed E-state index contributed by atoms with van der Waals surface area (Å²) in [7, 11) is 0. The fourth-order valence-electron chi connectivity index (χ4n) is 2.23. The molecule has 0 bridgehead atoms. The molecule has 2 unspecified atom stereocenters. The Labute approximate surface area is 140 Å². The second kappa shape index (κ2) is 8.20. The van der Waals surface area contributed by atoms with Crippen molar-refractivity contribution in [2.75, 3.05) is 6.54 Å². The molecule has 1 aromatic carbocycles. The molecule has 0 spiro atoms. The van der Waals surface area contributed by atoms with Crippen LogP contribution >= 0.6 is 22.9 Å². The topological polar surface area (TPSA) is 41.1 Å². The van der Waals surface area contributed by atoms with E-state index in [9.17, 15) is 4.79 Å². The van der Waals surface area contributed by atoms with E-state index < -0.39 is 0 Å². The molecular weight excluding hydrogens is 316 g/mol. The molecule has 2 atom stereocenters. The number of carbonyl (C=O) groups is 1. The predicted octanol–water partition coefficient (Wildman–Crippen LogP) is 4.96. The minimum absolute atomic E-state index is 0.0379. The third-order valence-electron chi connectivity index (χ3n) is 3.60. The third kappa shape index (κ3) is 5.04. The first-order valence-electron chi connectivity index (χ1n) is 7.41. The molecule has 118 valence electrons. The molecule has 5 heteroatoms. The number of benzene rings is 1. The average molecular weight is 337 g/mol. The van der Waals surface area contributed by atoms with Crippen molar-refractivity contribution in [2.45, 2.75) is 32.2 Å². The van der Waals surface area contributed by atoms with Crippen LogP contribution < -0.4 is 10.6 Å². The second-order valence-electron chi connectivity index (χ2n) is 5.36. The highest BCUT2D eigenvalue weighted by Gasteiger charge is 2.11. The fraction of sp³-hybridized carbons (Fsp3) is 0.353. The van der Waals surface area contributed by atoms with Crippen LogP contribution in [-0.2, 0) is 0 Å². The van der Waals surface area contributed by atoms with Gasteiger partial charge >= 0.3 is 6.03 Å². The molecule has 2 aromatic rings. The SMILES string of the molecule is CC(CCNC(=O)NC(C)c1ccc(Cl)s1)c1ccccc1. The van der Waals surface area contributed by atoms with E-state index in [2.05, 4.69) is 29.7 Å². The molecule has 0 radical (unpaired) electrons. The zero-order chi connectivity index (χ0) is 15.9. The molecule has 0 aliphatic carbocycles. The molecule has 0 saturated carbocycles. The Bertz CT molecular complexity index is 600. The smallest absolute Gasteiger partial charge is 0.315 e. The van der Waals surface area contributed by atoms with Gasteiger partial charge in [0.1, 0.15) is 0 Å². The zero-order valence-electron chi connectivity index (χ0n) is 12.8. The zero-order valence-corrected chi connectivity index (χ0v) is 14.4. The Balaban J connectivity index is 1.71. The van der Waals surface area contributed by atoms with Gasteiger partial charge in [0, 0.05) is 11.4 Å². The summed E-state index contributed by atoms with van der Waals surface area (Å²) in [5.41, 5.74) is 1.30. The van der Waals surface area contributed by atoms with Crippen molar-refractivity contribution in [3.8, 4) is 0 Å². The standard InChI is InChI=1S/C17H21ClN2OS/c1-12(14-6-4-3-5-7-14)10-11-19-17(21)20-13(2)15-8-9-16(18)22-15/h3-9,12-13H,10-11H2,1-2H3,(H2,19,20,21). The summed E-state index contributed by atoms with van der Waals surface area (Å²) in [5.74, 6) is 0.426. The van der Waals surface area contributed by atoms with Crippen LogP contribution in [0.4, 0.5) is 4.79 Å². The van der Waals surface area contributed by atoms with E-state index in [1.165, 1.54) is 16.9 Å². The van der Waals surface area contributed by atoms with Crippen molar-refractivity contribution in [1.29, 1.82) is 0 Å². The summed E-state index contributed by atoms with van der Waals surface area (Å²) >= 11 is 7.39. The summed E-state index contributed by atoms with van der Waals surface area (Å²) in [4.78, 5) is 13.0. The van der Waals surface area contributed by atoms with Gasteiger partial charge in [0.05, 0.1) is 10.4 Å². The predicted molar refractivity (Wildman–Crippen MR) is 93.8 cm³/mol. The number of amides is 2. The van der Waals surface area contributed by atoms with E-state index in [1.54, 1.807) is 0 Å². The monoisotopic (exact) mass is 336 g/mol. The normalized spacial score (nSPS) is 13.4. The van der Waals surface area contributed by atoms with Crippen LogP contribution in [0.5, 0.6) is 0 Å². The van der Waals surface area contributed by atoms with E-state index in [-0.39, 0.29) is 12.1 Å². The highest BCUT2D eigenvalue weighted by molar-refractivity contribution is 7.16. The van der Waals surface area contributed by atoms with E-state index in [0.717, 1.165) is 15.6 Å². The first-order chi connectivity index (χ1) is 10.6. The maximum Gasteiger partial charge on any atom is 0.315 e. The minimum Gasteiger partial charge on any atom is -0.338 e. The van der Waals surface area contributed by atoms with Gasteiger partial charge in [0.2, 0.25) is 0 Å². The Hall–Kier alpha value is -1.52. The number of nitrogens with one attached hydrogen (secondary N) is 2. The van der Waals surface area contributed by atoms with Crippen LogP contribution in [0, 0.1) is 0 Å². The molecule has 1 aromatic heterocycles. The lowest BCUT2D eigenvalue weighted by molar-refractivity contribution is 0.238. The Morgan fingerprint density at radius 3 is 2.55 bits per heavy atom. The first kappa shape index (κ1) is 16.8. The molecule has 2 N–H and O–H groups in total. The number of thiophene rings is 1. The van der Waals surface area contributed by atoms with Gasteiger partial charge < -0.3 is 10.6 Å². The lowest BCUT2D eigenvalue weighted by atomic mass is 9.98. The van der Waals surface area contributed by atoms with E-state index in [0.29, 0.717) is 12.5 Å². The molecule has 2 rings (SSSR count). The Morgan fingerprint density at radius 1 is 1.18 bits per heavy atom. The molecule has 0 aliphatic rings. The highest BCUT2D eigenvalue weighted by atomic mass is 35.5. The van der Waals surface area contributed by atoms with Gasteiger partial charge in [0.15, 0.2) is 0 Å². The molecule has 0 saturated heterocycles. The van der Waals surface area contributed by atoms with Crippen molar-refractivity contribution in [2.24, 2.45) is 0 Å². The Morgan fingerprint density at radius 2 is 1.91 bits per heavy atom.